The largest absolute Gasteiger partial charge is 0.469 e. The van der Waals surface area contributed by atoms with Crippen LogP contribution in [-0.4, -0.2) is 45.0 Å². The molecule has 3 N–H and O–H groups in total. The van der Waals surface area contributed by atoms with Gasteiger partial charge in [0, 0.05) is 30.3 Å². The first kappa shape index (κ1) is 18.6. The second kappa shape index (κ2) is 9.58. The van der Waals surface area contributed by atoms with Crippen molar-refractivity contribution in [3.63, 3.8) is 0 Å². The molecule has 0 spiro atoms. The minimum atomic E-state index is -0.376. The van der Waals surface area contributed by atoms with E-state index in [1.807, 2.05) is 6.92 Å². The fourth-order valence-corrected chi connectivity index (χ4v) is 1.85. The van der Waals surface area contributed by atoms with Crippen LogP contribution in [0.4, 0.5) is 5.69 Å². The molecule has 0 saturated carbocycles. The van der Waals surface area contributed by atoms with Gasteiger partial charge in [-0.25, -0.2) is 0 Å². The van der Waals surface area contributed by atoms with Gasteiger partial charge in [0.2, 0.25) is 5.91 Å². The Morgan fingerprint density at radius 3 is 2.39 bits per heavy atom. The molecule has 1 aromatic carbocycles. The van der Waals surface area contributed by atoms with Gasteiger partial charge in [-0.05, 0) is 31.3 Å². The summed E-state index contributed by atoms with van der Waals surface area (Å²) in [5.74, 6) is -0.898. The zero-order valence-corrected chi connectivity index (χ0v) is 13.6. The van der Waals surface area contributed by atoms with Crippen molar-refractivity contribution in [1.82, 2.24) is 10.6 Å². The highest BCUT2D eigenvalue weighted by atomic mass is 16.5. The number of esters is 1. The van der Waals surface area contributed by atoms with Crippen LogP contribution in [0.1, 0.15) is 23.7 Å². The first-order valence-corrected chi connectivity index (χ1v) is 7.38. The molecular weight excluding hydrogens is 298 g/mol. The van der Waals surface area contributed by atoms with Gasteiger partial charge in [0.25, 0.3) is 5.91 Å². The van der Waals surface area contributed by atoms with Crippen molar-refractivity contribution in [2.75, 3.05) is 32.6 Å². The lowest BCUT2D eigenvalue weighted by Crippen LogP contribution is -2.28. The van der Waals surface area contributed by atoms with Crippen LogP contribution in [0, 0.1) is 5.92 Å². The van der Waals surface area contributed by atoms with Gasteiger partial charge in [-0.1, -0.05) is 6.92 Å². The summed E-state index contributed by atoms with van der Waals surface area (Å²) in [6.07, 6.45) is 0.125. The molecular formula is C16H23N3O4. The Balaban J connectivity index is 2.50. The van der Waals surface area contributed by atoms with E-state index >= 15 is 0 Å². The van der Waals surface area contributed by atoms with E-state index in [0.29, 0.717) is 17.8 Å². The molecule has 0 heterocycles. The molecule has 0 radical (unpaired) electrons. The maximum absolute atomic E-state index is 11.9. The number of carbonyl (C=O) groups excluding carboxylic acids is 3. The van der Waals surface area contributed by atoms with Crippen LogP contribution in [0.2, 0.25) is 0 Å². The number of rotatable bonds is 8. The van der Waals surface area contributed by atoms with Gasteiger partial charge in [-0.3, -0.25) is 14.4 Å². The number of ether oxygens (including phenoxy) is 1. The molecule has 1 rings (SSSR count). The fraction of sp³-hybridized carbons (Fsp3) is 0.438. The van der Waals surface area contributed by atoms with Crippen molar-refractivity contribution < 1.29 is 19.1 Å². The topological polar surface area (TPSA) is 96.5 Å². The Labute approximate surface area is 135 Å². The van der Waals surface area contributed by atoms with Crippen LogP contribution >= 0.6 is 0 Å². The number of benzene rings is 1. The van der Waals surface area contributed by atoms with Crippen molar-refractivity contribution in [3.05, 3.63) is 29.8 Å². The van der Waals surface area contributed by atoms with E-state index in [-0.39, 0.29) is 36.7 Å². The third-order valence-corrected chi connectivity index (χ3v) is 3.21. The zero-order chi connectivity index (χ0) is 17.2. The molecule has 1 unspecified atom stereocenters. The number of amides is 2. The zero-order valence-electron chi connectivity index (χ0n) is 13.6. The summed E-state index contributed by atoms with van der Waals surface area (Å²) in [4.78, 5) is 34.7. The first-order valence-electron chi connectivity index (χ1n) is 7.38. The predicted octanol–water partition coefficient (Wildman–Crippen LogP) is 0.773. The van der Waals surface area contributed by atoms with Crippen LogP contribution in [0.15, 0.2) is 24.3 Å². The molecule has 0 fully saturated rings. The molecule has 126 valence electrons. The molecule has 2 amide bonds. The van der Waals surface area contributed by atoms with Crippen molar-refractivity contribution in [1.29, 1.82) is 0 Å². The third-order valence-electron chi connectivity index (χ3n) is 3.21. The smallest absolute Gasteiger partial charge is 0.307 e. The van der Waals surface area contributed by atoms with Gasteiger partial charge in [0.15, 0.2) is 0 Å². The van der Waals surface area contributed by atoms with Crippen LogP contribution in [0.3, 0.4) is 0 Å². The van der Waals surface area contributed by atoms with E-state index in [9.17, 15) is 14.4 Å². The molecule has 1 aromatic rings. The number of hydrogen-bond acceptors (Lipinski definition) is 5. The Morgan fingerprint density at radius 1 is 1.17 bits per heavy atom. The molecule has 0 aliphatic carbocycles. The van der Waals surface area contributed by atoms with Gasteiger partial charge in [-0.15, -0.1) is 0 Å². The average molecular weight is 321 g/mol. The van der Waals surface area contributed by atoms with Gasteiger partial charge >= 0.3 is 5.97 Å². The lowest BCUT2D eigenvalue weighted by atomic mass is 10.1. The van der Waals surface area contributed by atoms with Crippen molar-refractivity contribution in [3.8, 4) is 0 Å². The van der Waals surface area contributed by atoms with Crippen LogP contribution < -0.4 is 16.0 Å². The maximum Gasteiger partial charge on any atom is 0.307 e. The Morgan fingerprint density at radius 2 is 1.83 bits per heavy atom. The standard InChI is InChI=1S/C16H23N3O4/c1-11(10-17-2)15(21)19-13-6-4-12(5-7-13)16(22)18-9-8-14(20)23-3/h4-7,11,17H,8-10H2,1-3H3,(H,18,22)(H,19,21). The van der Waals surface area contributed by atoms with Gasteiger partial charge in [0.1, 0.15) is 0 Å². The van der Waals surface area contributed by atoms with E-state index in [4.69, 9.17) is 0 Å². The third kappa shape index (κ3) is 6.48. The van der Waals surface area contributed by atoms with Crippen molar-refractivity contribution in [2.45, 2.75) is 13.3 Å². The van der Waals surface area contributed by atoms with Crippen molar-refractivity contribution in [2.24, 2.45) is 5.92 Å². The normalized spacial score (nSPS) is 11.4. The molecule has 0 aromatic heterocycles. The lowest BCUT2D eigenvalue weighted by molar-refractivity contribution is -0.140. The van der Waals surface area contributed by atoms with Gasteiger partial charge in [0.05, 0.1) is 13.5 Å². The molecule has 7 heteroatoms. The molecule has 23 heavy (non-hydrogen) atoms. The molecule has 0 bridgehead atoms. The number of hydrogen-bond donors (Lipinski definition) is 3. The summed E-state index contributed by atoms with van der Waals surface area (Å²) in [5, 5.41) is 8.35. The molecule has 7 nitrogen and oxygen atoms in total. The molecule has 0 aliphatic rings. The van der Waals surface area contributed by atoms with E-state index in [2.05, 4.69) is 20.7 Å². The quantitative estimate of drug-likeness (QED) is 0.615. The fourth-order valence-electron chi connectivity index (χ4n) is 1.85. The first-order chi connectivity index (χ1) is 11.0. The van der Waals surface area contributed by atoms with E-state index in [1.165, 1.54) is 7.11 Å². The van der Waals surface area contributed by atoms with Crippen LogP contribution in [-0.2, 0) is 14.3 Å². The number of anilines is 1. The van der Waals surface area contributed by atoms with E-state index < -0.39 is 0 Å². The average Bonchev–Trinajstić information content (AvgIpc) is 2.55. The lowest BCUT2D eigenvalue weighted by Gasteiger charge is -2.12. The Hall–Kier alpha value is -2.41. The number of methoxy groups -OCH3 is 1. The Kier molecular flexibility index (Phi) is 7.76. The van der Waals surface area contributed by atoms with Crippen molar-refractivity contribution >= 4 is 23.5 Å². The second-order valence-corrected chi connectivity index (χ2v) is 5.11. The summed E-state index contributed by atoms with van der Waals surface area (Å²) in [6.45, 7) is 2.63. The monoisotopic (exact) mass is 321 g/mol. The van der Waals surface area contributed by atoms with E-state index in [0.717, 1.165) is 0 Å². The summed E-state index contributed by atoms with van der Waals surface area (Å²) in [5.41, 5.74) is 1.08. The SMILES string of the molecule is CNCC(C)C(=O)Nc1ccc(C(=O)NCCC(=O)OC)cc1. The summed E-state index contributed by atoms with van der Waals surface area (Å²) < 4.78 is 4.49. The minimum absolute atomic E-state index is 0.0883. The minimum Gasteiger partial charge on any atom is -0.469 e. The molecule has 0 aliphatic heterocycles. The number of carbonyl (C=O) groups is 3. The highest BCUT2D eigenvalue weighted by Gasteiger charge is 2.12. The maximum atomic E-state index is 11.9. The highest BCUT2D eigenvalue weighted by Crippen LogP contribution is 2.11. The van der Waals surface area contributed by atoms with E-state index in [1.54, 1.807) is 31.3 Å². The predicted molar refractivity (Wildman–Crippen MR) is 87.1 cm³/mol. The van der Waals surface area contributed by atoms with Gasteiger partial charge in [-0.2, -0.15) is 0 Å². The van der Waals surface area contributed by atoms with Crippen LogP contribution in [0.5, 0.6) is 0 Å². The number of nitrogens with one attached hydrogen (secondary N) is 3. The summed E-state index contributed by atoms with van der Waals surface area (Å²) >= 11 is 0. The highest BCUT2D eigenvalue weighted by molar-refractivity contribution is 5.96. The summed E-state index contributed by atoms with van der Waals surface area (Å²) in [6, 6.07) is 6.57. The Bertz CT molecular complexity index is 543. The van der Waals surface area contributed by atoms with Crippen LogP contribution in [0.25, 0.3) is 0 Å². The van der Waals surface area contributed by atoms with Gasteiger partial charge < -0.3 is 20.7 Å². The summed E-state index contributed by atoms with van der Waals surface area (Å²) in [7, 11) is 3.09. The molecule has 0 saturated heterocycles. The molecule has 1 atom stereocenters. The second-order valence-electron chi connectivity index (χ2n) is 5.11.